The maximum Gasteiger partial charge on any atom is 0.233 e. The van der Waals surface area contributed by atoms with Gasteiger partial charge in [-0.1, -0.05) is 54.2 Å². The fourth-order valence-electron chi connectivity index (χ4n) is 4.24. The van der Waals surface area contributed by atoms with E-state index in [2.05, 4.69) is 22.3 Å². The molecule has 0 atom stereocenters. The fourth-order valence-corrected chi connectivity index (χ4v) is 5.08. The van der Waals surface area contributed by atoms with E-state index in [9.17, 15) is 9.18 Å². The molecule has 0 radical (unpaired) electrons. The van der Waals surface area contributed by atoms with E-state index >= 15 is 0 Å². The van der Waals surface area contributed by atoms with Crippen molar-refractivity contribution < 1.29 is 13.6 Å². The Kier molecular flexibility index (Phi) is 6.85. The third-order valence-corrected chi connectivity index (χ3v) is 7.10. The van der Waals surface area contributed by atoms with Crippen LogP contribution >= 0.6 is 11.8 Å². The number of furan rings is 1. The lowest BCUT2D eigenvalue weighted by molar-refractivity contribution is -0.128. The highest BCUT2D eigenvalue weighted by molar-refractivity contribution is 7.99. The molecule has 0 bridgehead atoms. The summed E-state index contributed by atoms with van der Waals surface area (Å²) in [5, 5.41) is 9.51. The van der Waals surface area contributed by atoms with Crippen molar-refractivity contribution in [2.75, 3.05) is 36.8 Å². The Morgan fingerprint density at radius 1 is 1.00 bits per heavy atom. The molecule has 0 unspecified atom stereocenters. The van der Waals surface area contributed by atoms with Gasteiger partial charge < -0.3 is 14.2 Å². The molecule has 3 heterocycles. The van der Waals surface area contributed by atoms with Crippen LogP contribution < -0.4 is 4.90 Å². The zero-order chi connectivity index (χ0) is 24.2. The van der Waals surface area contributed by atoms with Gasteiger partial charge in [0.05, 0.1) is 29.8 Å². The predicted octanol–water partition coefficient (Wildman–Crippen LogP) is 4.47. The van der Waals surface area contributed by atoms with Crippen LogP contribution in [0.4, 0.5) is 10.1 Å². The van der Waals surface area contributed by atoms with Crippen molar-refractivity contribution in [3.05, 3.63) is 84.1 Å². The molecule has 2 aromatic carbocycles. The lowest BCUT2D eigenvalue weighted by atomic mass is 10.2. The third-order valence-electron chi connectivity index (χ3n) is 6.15. The molecule has 1 aliphatic rings. The number of aryl methyl sites for hydroxylation is 1. The SMILES string of the molecule is Cc1occc1-c1nnc(SCC(=O)N2CCN(c3ccccc3F)CC2)n1Cc1ccccc1. The summed E-state index contributed by atoms with van der Waals surface area (Å²) in [5.41, 5.74) is 2.59. The highest BCUT2D eigenvalue weighted by Gasteiger charge is 2.24. The first-order valence-corrected chi connectivity index (χ1v) is 12.5. The quantitative estimate of drug-likeness (QED) is 0.355. The van der Waals surface area contributed by atoms with Crippen LogP contribution in [0.15, 0.2) is 76.5 Å². The van der Waals surface area contributed by atoms with E-state index in [0.29, 0.717) is 49.4 Å². The zero-order valence-electron chi connectivity index (χ0n) is 19.4. The van der Waals surface area contributed by atoms with Crippen LogP contribution in [0.3, 0.4) is 0 Å². The average Bonchev–Trinajstić information content (AvgIpc) is 3.49. The fraction of sp³-hybridized carbons (Fsp3) is 0.269. The minimum Gasteiger partial charge on any atom is -0.469 e. The van der Waals surface area contributed by atoms with Gasteiger partial charge in [0, 0.05) is 26.2 Å². The number of carbonyl (C=O) groups is 1. The first kappa shape index (κ1) is 23.2. The average molecular weight is 492 g/mol. The Labute approximate surface area is 207 Å². The summed E-state index contributed by atoms with van der Waals surface area (Å²) in [6.07, 6.45) is 1.64. The summed E-state index contributed by atoms with van der Waals surface area (Å²) in [6.45, 7) is 4.81. The minimum absolute atomic E-state index is 0.0403. The van der Waals surface area contributed by atoms with Crippen molar-refractivity contribution in [1.82, 2.24) is 19.7 Å². The van der Waals surface area contributed by atoms with E-state index in [0.717, 1.165) is 16.9 Å². The number of halogens is 1. The summed E-state index contributed by atoms with van der Waals surface area (Å²) in [7, 11) is 0. The summed E-state index contributed by atoms with van der Waals surface area (Å²) in [6, 6.07) is 18.7. The molecule has 7 nitrogen and oxygen atoms in total. The van der Waals surface area contributed by atoms with Gasteiger partial charge in [0.1, 0.15) is 11.6 Å². The number of amides is 1. The molecule has 1 amide bonds. The van der Waals surface area contributed by atoms with Crippen molar-refractivity contribution >= 4 is 23.4 Å². The van der Waals surface area contributed by atoms with Crippen molar-refractivity contribution in [3.63, 3.8) is 0 Å². The Morgan fingerprint density at radius 3 is 2.46 bits per heavy atom. The van der Waals surface area contributed by atoms with Gasteiger partial charge in [-0.05, 0) is 30.7 Å². The molecule has 1 saturated heterocycles. The number of nitrogens with zero attached hydrogens (tertiary/aromatic N) is 5. The predicted molar refractivity (Wildman–Crippen MR) is 134 cm³/mol. The Balaban J connectivity index is 1.26. The molecule has 0 N–H and O–H groups in total. The number of hydrogen-bond donors (Lipinski definition) is 0. The Morgan fingerprint density at radius 2 is 1.74 bits per heavy atom. The van der Waals surface area contributed by atoms with E-state index < -0.39 is 0 Å². The van der Waals surface area contributed by atoms with Gasteiger partial charge in [-0.15, -0.1) is 10.2 Å². The number of anilines is 1. The van der Waals surface area contributed by atoms with Crippen LogP contribution in [0.1, 0.15) is 11.3 Å². The Bertz CT molecular complexity index is 1300. The van der Waals surface area contributed by atoms with E-state index in [1.165, 1.54) is 17.8 Å². The molecule has 4 aromatic rings. The number of piperazine rings is 1. The number of rotatable bonds is 7. The topological polar surface area (TPSA) is 67.4 Å². The number of thioether (sulfide) groups is 1. The first-order chi connectivity index (χ1) is 17.1. The largest absolute Gasteiger partial charge is 0.469 e. The van der Waals surface area contributed by atoms with Crippen molar-refractivity contribution in [2.24, 2.45) is 0 Å². The summed E-state index contributed by atoms with van der Waals surface area (Å²) < 4.78 is 21.6. The number of para-hydroxylation sites is 1. The van der Waals surface area contributed by atoms with Gasteiger partial charge >= 0.3 is 0 Å². The second-order valence-corrected chi connectivity index (χ2v) is 9.32. The van der Waals surface area contributed by atoms with Gasteiger partial charge in [0.25, 0.3) is 0 Å². The molecule has 1 aliphatic heterocycles. The van der Waals surface area contributed by atoms with Crippen molar-refractivity contribution in [2.45, 2.75) is 18.6 Å². The summed E-state index contributed by atoms with van der Waals surface area (Å²) in [4.78, 5) is 16.8. The molecule has 0 aliphatic carbocycles. The van der Waals surface area contributed by atoms with Crippen LogP contribution in [-0.4, -0.2) is 57.5 Å². The zero-order valence-corrected chi connectivity index (χ0v) is 20.2. The smallest absolute Gasteiger partial charge is 0.233 e. The summed E-state index contributed by atoms with van der Waals surface area (Å²) >= 11 is 1.39. The molecule has 180 valence electrons. The maximum atomic E-state index is 14.1. The number of hydrogen-bond acceptors (Lipinski definition) is 6. The lowest BCUT2D eigenvalue weighted by Gasteiger charge is -2.36. The van der Waals surface area contributed by atoms with Crippen molar-refractivity contribution in [3.8, 4) is 11.4 Å². The molecule has 35 heavy (non-hydrogen) atoms. The van der Waals surface area contributed by atoms with Crippen molar-refractivity contribution in [1.29, 1.82) is 0 Å². The number of aromatic nitrogens is 3. The van der Waals surface area contributed by atoms with Crippen LogP contribution in [-0.2, 0) is 11.3 Å². The second kappa shape index (κ2) is 10.4. The highest BCUT2D eigenvalue weighted by atomic mass is 32.2. The van der Waals surface area contributed by atoms with Crippen LogP contribution in [0, 0.1) is 12.7 Å². The van der Waals surface area contributed by atoms with Gasteiger partial charge in [-0.3, -0.25) is 9.36 Å². The molecule has 0 spiro atoms. The van der Waals surface area contributed by atoms with E-state index in [4.69, 9.17) is 4.42 Å². The number of carbonyl (C=O) groups excluding carboxylic acids is 1. The monoisotopic (exact) mass is 491 g/mol. The van der Waals surface area contributed by atoms with Crippen LogP contribution in [0.5, 0.6) is 0 Å². The summed E-state index contributed by atoms with van der Waals surface area (Å²) in [5.74, 6) is 1.56. The molecule has 2 aromatic heterocycles. The van der Waals surface area contributed by atoms with Crippen LogP contribution in [0.25, 0.3) is 11.4 Å². The molecule has 9 heteroatoms. The maximum absolute atomic E-state index is 14.1. The third kappa shape index (κ3) is 5.09. The molecular formula is C26H26FN5O2S. The first-order valence-electron chi connectivity index (χ1n) is 11.5. The molecular weight excluding hydrogens is 465 g/mol. The Hall–Kier alpha value is -3.59. The molecule has 1 fully saturated rings. The standard InChI is InChI=1S/C26H26FN5O2S/c1-19-21(11-16-34-19)25-28-29-26(32(25)17-20-7-3-2-4-8-20)35-18-24(33)31-14-12-30(13-15-31)23-10-6-5-9-22(23)27/h2-11,16H,12-15,17-18H2,1H3. The van der Waals surface area contributed by atoms with Gasteiger partial charge in [0.15, 0.2) is 11.0 Å². The van der Waals surface area contributed by atoms with Gasteiger partial charge in [0.2, 0.25) is 5.91 Å². The van der Waals surface area contributed by atoms with Gasteiger partial charge in [-0.25, -0.2) is 4.39 Å². The van der Waals surface area contributed by atoms with E-state index in [1.807, 2.05) is 51.6 Å². The normalized spacial score (nSPS) is 13.9. The van der Waals surface area contributed by atoms with E-state index in [1.54, 1.807) is 18.4 Å². The number of benzene rings is 2. The highest BCUT2D eigenvalue weighted by Crippen LogP contribution is 2.28. The lowest BCUT2D eigenvalue weighted by Crippen LogP contribution is -2.49. The van der Waals surface area contributed by atoms with E-state index in [-0.39, 0.29) is 17.5 Å². The van der Waals surface area contributed by atoms with Crippen LogP contribution in [0.2, 0.25) is 0 Å². The molecule has 5 rings (SSSR count). The van der Waals surface area contributed by atoms with Gasteiger partial charge in [-0.2, -0.15) is 0 Å². The minimum atomic E-state index is -0.232. The second-order valence-electron chi connectivity index (χ2n) is 8.38. The molecule has 0 saturated carbocycles.